The zero-order chi connectivity index (χ0) is 24.6. The van der Waals surface area contributed by atoms with Crippen LogP contribution in [0.15, 0.2) is 36.4 Å². The van der Waals surface area contributed by atoms with Gasteiger partial charge in [0.1, 0.15) is 17.0 Å². The van der Waals surface area contributed by atoms with Crippen LogP contribution in [0.4, 0.5) is 4.79 Å². The van der Waals surface area contributed by atoms with Crippen molar-refractivity contribution in [3.63, 3.8) is 0 Å². The summed E-state index contributed by atoms with van der Waals surface area (Å²) in [4.78, 5) is 32.5. The Bertz CT molecular complexity index is 1110. The van der Waals surface area contributed by atoms with Crippen molar-refractivity contribution >= 4 is 11.9 Å². The predicted octanol–water partition coefficient (Wildman–Crippen LogP) is 3.25. The van der Waals surface area contributed by atoms with E-state index in [0.29, 0.717) is 44.0 Å². The second kappa shape index (κ2) is 9.30. The monoisotopic (exact) mass is 481 g/mol. The Morgan fingerprint density at radius 3 is 2.23 bits per heavy atom. The highest BCUT2D eigenvalue weighted by atomic mass is 16.7. The molecule has 0 saturated carbocycles. The van der Waals surface area contributed by atoms with Crippen molar-refractivity contribution in [3.05, 3.63) is 47.5 Å². The van der Waals surface area contributed by atoms with Gasteiger partial charge < -0.3 is 23.8 Å². The number of methoxy groups -OCH3 is 2. The summed E-state index contributed by atoms with van der Waals surface area (Å²) in [5.41, 5.74) is 1.14. The Morgan fingerprint density at radius 1 is 0.886 bits per heavy atom. The molecule has 3 aliphatic heterocycles. The maximum atomic E-state index is 13.7. The van der Waals surface area contributed by atoms with Crippen molar-refractivity contribution in [2.45, 2.75) is 38.4 Å². The van der Waals surface area contributed by atoms with E-state index in [-0.39, 0.29) is 25.3 Å². The third kappa shape index (κ3) is 4.14. The molecule has 0 unspecified atom stereocenters. The molecule has 0 aliphatic carbocycles. The number of likely N-dealkylation sites (N-methyl/N-ethyl adjacent to an activating group) is 1. The Kier molecular flexibility index (Phi) is 6.19. The second-order valence-electron chi connectivity index (χ2n) is 9.13. The number of benzene rings is 2. The van der Waals surface area contributed by atoms with Crippen molar-refractivity contribution in [3.8, 4) is 23.0 Å². The van der Waals surface area contributed by atoms with Crippen LogP contribution in [0.2, 0.25) is 0 Å². The molecule has 0 aromatic heterocycles. The molecular weight excluding hydrogens is 450 g/mol. The number of imide groups is 1. The molecule has 35 heavy (non-hydrogen) atoms. The van der Waals surface area contributed by atoms with Gasteiger partial charge >= 0.3 is 6.03 Å². The number of amides is 3. The topological polar surface area (TPSA) is 80.8 Å². The van der Waals surface area contributed by atoms with Crippen LogP contribution >= 0.6 is 0 Å². The Labute approximate surface area is 205 Å². The summed E-state index contributed by atoms with van der Waals surface area (Å²) >= 11 is 0. The molecular formula is C26H31N3O6. The SMILES string of the molecule is CCN1C(=O)N(Cc2ccc3c(c2)OCO3)C(=O)C12CCN(Cc1cc(OC)cc(OC)c1)CC2. The third-order valence-corrected chi connectivity index (χ3v) is 7.22. The van der Waals surface area contributed by atoms with E-state index in [0.717, 1.165) is 29.2 Å². The van der Waals surface area contributed by atoms with Gasteiger partial charge in [-0.3, -0.25) is 14.6 Å². The van der Waals surface area contributed by atoms with Gasteiger partial charge in [-0.05, 0) is 55.2 Å². The zero-order valence-corrected chi connectivity index (χ0v) is 20.4. The van der Waals surface area contributed by atoms with Gasteiger partial charge in [0.05, 0.1) is 20.8 Å². The van der Waals surface area contributed by atoms with Crippen LogP contribution in [0.5, 0.6) is 23.0 Å². The van der Waals surface area contributed by atoms with Crippen molar-refractivity contribution in [2.75, 3.05) is 40.6 Å². The number of hydrogen-bond acceptors (Lipinski definition) is 7. The van der Waals surface area contributed by atoms with Crippen LogP contribution in [0.3, 0.4) is 0 Å². The Hall–Kier alpha value is -3.46. The van der Waals surface area contributed by atoms with E-state index in [2.05, 4.69) is 4.90 Å². The summed E-state index contributed by atoms with van der Waals surface area (Å²) in [6, 6.07) is 11.2. The van der Waals surface area contributed by atoms with E-state index in [1.54, 1.807) is 19.1 Å². The quantitative estimate of drug-likeness (QED) is 0.562. The molecule has 2 aromatic carbocycles. The summed E-state index contributed by atoms with van der Waals surface area (Å²) in [6.07, 6.45) is 1.20. The number of nitrogens with zero attached hydrogens (tertiary/aromatic N) is 3. The van der Waals surface area contributed by atoms with E-state index < -0.39 is 5.54 Å². The molecule has 3 amide bonds. The minimum absolute atomic E-state index is 0.107. The highest BCUT2D eigenvalue weighted by Crippen LogP contribution is 2.39. The lowest BCUT2D eigenvalue weighted by atomic mass is 9.85. The van der Waals surface area contributed by atoms with Crippen LogP contribution < -0.4 is 18.9 Å². The summed E-state index contributed by atoms with van der Waals surface area (Å²) < 4.78 is 21.6. The standard InChI is InChI=1S/C26H31N3O6/c1-4-29-25(31)28(16-18-5-6-22-23(13-18)35-17-34-22)24(30)26(29)7-9-27(10-8-26)15-19-11-20(32-2)14-21(12-19)33-3/h5-6,11-14H,4,7-10,15-17H2,1-3H3. The number of urea groups is 1. The highest BCUT2D eigenvalue weighted by Gasteiger charge is 2.57. The maximum Gasteiger partial charge on any atom is 0.327 e. The molecule has 186 valence electrons. The van der Waals surface area contributed by atoms with Gasteiger partial charge in [0.2, 0.25) is 6.79 Å². The predicted molar refractivity (Wildman–Crippen MR) is 128 cm³/mol. The number of fused-ring (bicyclic) bond motifs is 1. The molecule has 9 heteroatoms. The van der Waals surface area contributed by atoms with Gasteiger partial charge in [0, 0.05) is 32.2 Å². The lowest BCUT2D eigenvalue weighted by molar-refractivity contribution is -0.136. The third-order valence-electron chi connectivity index (χ3n) is 7.22. The van der Waals surface area contributed by atoms with Crippen molar-refractivity contribution in [2.24, 2.45) is 0 Å². The molecule has 3 heterocycles. The largest absolute Gasteiger partial charge is 0.497 e. The molecule has 2 saturated heterocycles. The minimum Gasteiger partial charge on any atom is -0.497 e. The molecule has 3 aliphatic rings. The first-order valence-corrected chi connectivity index (χ1v) is 11.9. The fourth-order valence-electron chi connectivity index (χ4n) is 5.36. The van der Waals surface area contributed by atoms with Gasteiger partial charge in [-0.2, -0.15) is 0 Å². The molecule has 0 N–H and O–H groups in total. The first kappa shape index (κ1) is 23.3. The number of carbonyl (C=O) groups excluding carboxylic acids is 2. The van der Waals surface area contributed by atoms with E-state index >= 15 is 0 Å². The number of piperidine rings is 1. The molecule has 0 bridgehead atoms. The molecule has 2 fully saturated rings. The average molecular weight is 482 g/mol. The number of hydrogen-bond donors (Lipinski definition) is 0. The van der Waals surface area contributed by atoms with Crippen LogP contribution in [0.1, 0.15) is 30.9 Å². The molecule has 2 aromatic rings. The van der Waals surface area contributed by atoms with Gasteiger partial charge in [0.15, 0.2) is 11.5 Å². The fourth-order valence-corrected chi connectivity index (χ4v) is 5.36. The van der Waals surface area contributed by atoms with E-state index in [4.69, 9.17) is 18.9 Å². The zero-order valence-electron chi connectivity index (χ0n) is 20.4. The van der Waals surface area contributed by atoms with Gasteiger partial charge in [-0.15, -0.1) is 0 Å². The fraction of sp³-hybridized carbons (Fsp3) is 0.462. The van der Waals surface area contributed by atoms with Crippen molar-refractivity contribution in [1.29, 1.82) is 0 Å². The highest BCUT2D eigenvalue weighted by molar-refractivity contribution is 6.07. The normalized spacial score (nSPS) is 19.1. The number of carbonyl (C=O) groups is 2. The molecule has 1 spiro atoms. The average Bonchev–Trinajstić information content (AvgIpc) is 3.42. The number of ether oxygens (including phenoxy) is 4. The van der Waals surface area contributed by atoms with Gasteiger partial charge in [-0.1, -0.05) is 6.07 Å². The lowest BCUT2D eigenvalue weighted by Crippen LogP contribution is -2.56. The summed E-state index contributed by atoms with van der Waals surface area (Å²) in [7, 11) is 3.28. The van der Waals surface area contributed by atoms with Crippen LogP contribution in [-0.2, 0) is 17.9 Å². The molecule has 9 nitrogen and oxygen atoms in total. The molecule has 5 rings (SSSR count). The Balaban J connectivity index is 1.29. The minimum atomic E-state index is -0.787. The summed E-state index contributed by atoms with van der Waals surface area (Å²) in [6.45, 7) is 4.99. The van der Waals surface area contributed by atoms with Crippen molar-refractivity contribution in [1.82, 2.24) is 14.7 Å². The maximum absolute atomic E-state index is 13.7. The second-order valence-corrected chi connectivity index (χ2v) is 9.13. The van der Waals surface area contributed by atoms with E-state index in [9.17, 15) is 9.59 Å². The van der Waals surface area contributed by atoms with Crippen molar-refractivity contribution < 1.29 is 28.5 Å². The number of likely N-dealkylation sites (tertiary alicyclic amines) is 1. The van der Waals surface area contributed by atoms with Crippen LogP contribution in [0, 0.1) is 0 Å². The van der Waals surface area contributed by atoms with E-state index in [1.165, 1.54) is 4.90 Å². The van der Waals surface area contributed by atoms with E-state index in [1.807, 2.05) is 43.3 Å². The van der Waals surface area contributed by atoms with Gasteiger partial charge in [0.25, 0.3) is 5.91 Å². The molecule has 0 radical (unpaired) electrons. The van der Waals surface area contributed by atoms with Crippen LogP contribution in [0.25, 0.3) is 0 Å². The number of rotatable bonds is 7. The Morgan fingerprint density at radius 2 is 1.57 bits per heavy atom. The van der Waals surface area contributed by atoms with Crippen LogP contribution in [-0.4, -0.2) is 72.8 Å². The smallest absolute Gasteiger partial charge is 0.327 e. The lowest BCUT2D eigenvalue weighted by Gasteiger charge is -2.42. The van der Waals surface area contributed by atoms with Gasteiger partial charge in [-0.25, -0.2) is 4.79 Å². The first-order valence-electron chi connectivity index (χ1n) is 11.9. The summed E-state index contributed by atoms with van der Waals surface area (Å²) in [5.74, 6) is 2.72. The molecule has 0 atom stereocenters. The summed E-state index contributed by atoms with van der Waals surface area (Å²) in [5, 5.41) is 0. The first-order chi connectivity index (χ1) is 17.0.